The van der Waals surface area contributed by atoms with E-state index >= 15 is 0 Å². The molecule has 1 N–H and O–H groups in total. The third-order valence-corrected chi connectivity index (χ3v) is 3.31. The molecule has 2 aromatic rings. The lowest BCUT2D eigenvalue weighted by molar-refractivity contribution is 0.470. The number of hydrogen-bond donors (Lipinski definition) is 1. The van der Waals surface area contributed by atoms with Gasteiger partial charge in [0.1, 0.15) is 5.75 Å². The van der Waals surface area contributed by atoms with Gasteiger partial charge in [0, 0.05) is 10.4 Å². The Kier molecular flexibility index (Phi) is 1.97. The van der Waals surface area contributed by atoms with E-state index in [1.54, 1.807) is 12.1 Å². The molecule has 0 spiro atoms. The van der Waals surface area contributed by atoms with E-state index in [9.17, 15) is 5.11 Å². The smallest absolute Gasteiger partial charge is 0.125 e. The van der Waals surface area contributed by atoms with Gasteiger partial charge in [0.15, 0.2) is 0 Å². The largest absolute Gasteiger partial charge is 0.507 e. The first kappa shape index (κ1) is 10.3. The van der Waals surface area contributed by atoms with Gasteiger partial charge >= 0.3 is 0 Å². The van der Waals surface area contributed by atoms with Crippen molar-refractivity contribution < 1.29 is 5.11 Å². The number of phenolic OH excluding ortho intramolecular Hbond substituents is 1. The molecule has 0 amide bonds. The minimum absolute atomic E-state index is 0.257. The summed E-state index contributed by atoms with van der Waals surface area (Å²) in [5.41, 5.74) is 1.64. The van der Waals surface area contributed by atoms with E-state index in [2.05, 4.69) is 9.98 Å². The van der Waals surface area contributed by atoms with Gasteiger partial charge in [-0.3, -0.25) is 0 Å². The van der Waals surface area contributed by atoms with Crippen molar-refractivity contribution in [1.29, 1.82) is 0 Å². The van der Waals surface area contributed by atoms with Crippen LogP contribution in [0.25, 0.3) is 12.2 Å². The van der Waals surface area contributed by atoms with Crippen LogP contribution in [0.5, 0.6) is 5.75 Å². The number of phenols is 1. The van der Waals surface area contributed by atoms with Gasteiger partial charge < -0.3 is 5.11 Å². The van der Waals surface area contributed by atoms with Crippen molar-refractivity contribution in [1.82, 2.24) is 0 Å². The fraction of sp³-hybridized carbons (Fsp3) is 0. The summed E-state index contributed by atoms with van der Waals surface area (Å²) >= 11 is 0. The van der Waals surface area contributed by atoms with Gasteiger partial charge in [-0.15, -0.1) is 0 Å². The van der Waals surface area contributed by atoms with E-state index in [0.717, 1.165) is 32.5 Å². The first-order valence-electron chi connectivity index (χ1n) is 6.09. The van der Waals surface area contributed by atoms with Crippen LogP contribution in [0, 0.1) is 0 Å². The van der Waals surface area contributed by atoms with E-state index in [1.165, 1.54) is 0 Å². The number of nitrogens with zero attached hydrogens (tertiary/aromatic N) is 2. The summed E-state index contributed by atoms with van der Waals surface area (Å²) < 4.78 is 0. The third kappa shape index (κ3) is 1.52. The minimum atomic E-state index is 0.257. The average Bonchev–Trinajstić information content (AvgIpc) is 3.02. The maximum Gasteiger partial charge on any atom is 0.125 e. The normalized spacial score (nSPS) is 18.7. The molecule has 2 heterocycles. The molecule has 2 aromatic carbocycles. The Labute approximate surface area is 108 Å². The molecular weight excluding hydrogens is 236 g/mol. The minimum Gasteiger partial charge on any atom is -0.507 e. The number of benzene rings is 2. The van der Waals surface area contributed by atoms with Crippen LogP contribution in [0.1, 0.15) is 0 Å². The van der Waals surface area contributed by atoms with E-state index < -0.39 is 0 Å². The van der Waals surface area contributed by atoms with Gasteiger partial charge in [-0.05, 0) is 30.4 Å². The number of hydrogen-bond acceptors (Lipinski definition) is 3. The quantitative estimate of drug-likeness (QED) is 0.705. The highest BCUT2D eigenvalue weighted by atomic mass is 16.3. The summed E-state index contributed by atoms with van der Waals surface area (Å²) in [4.78, 5) is 9.08. The first-order valence-corrected chi connectivity index (χ1v) is 6.09. The van der Waals surface area contributed by atoms with Gasteiger partial charge in [0.25, 0.3) is 0 Å². The summed E-state index contributed by atoms with van der Waals surface area (Å²) in [6, 6.07) is 13.3. The SMILES string of the molecule is Oc1cccc2c1=CC(=C1C=c3ccccc3=N1)N=2. The second-order valence-electron chi connectivity index (χ2n) is 4.55. The molecule has 0 fully saturated rings. The second kappa shape index (κ2) is 3.65. The highest BCUT2D eigenvalue weighted by Crippen LogP contribution is 2.14. The number of aromatic hydroxyl groups is 1. The molecule has 0 unspecified atom stereocenters. The van der Waals surface area contributed by atoms with Gasteiger partial charge in [-0.2, -0.15) is 0 Å². The molecule has 2 aliphatic heterocycles. The standard InChI is InChI=1S/C16H10N2O/c19-16-7-3-6-13-11(16)9-15(18-13)14-8-10-4-1-2-5-12(10)17-14/h1-9,19H. The molecule has 19 heavy (non-hydrogen) atoms. The van der Waals surface area contributed by atoms with Crippen LogP contribution in [-0.2, 0) is 0 Å². The molecule has 0 aromatic heterocycles. The van der Waals surface area contributed by atoms with Crippen molar-refractivity contribution in [3.05, 3.63) is 75.0 Å². The van der Waals surface area contributed by atoms with Crippen LogP contribution < -0.4 is 21.2 Å². The van der Waals surface area contributed by atoms with Crippen LogP contribution in [-0.4, -0.2) is 5.11 Å². The van der Waals surface area contributed by atoms with Crippen LogP contribution >= 0.6 is 0 Å². The number of para-hydroxylation sites is 1. The van der Waals surface area contributed by atoms with E-state index in [-0.39, 0.29) is 5.75 Å². The summed E-state index contributed by atoms with van der Waals surface area (Å²) in [6.45, 7) is 0. The zero-order valence-electron chi connectivity index (χ0n) is 10.0. The van der Waals surface area contributed by atoms with Gasteiger partial charge in [0.2, 0.25) is 0 Å². The van der Waals surface area contributed by atoms with Gasteiger partial charge in [-0.25, -0.2) is 9.98 Å². The molecule has 0 saturated heterocycles. The zero-order chi connectivity index (χ0) is 12.8. The molecule has 0 radical (unpaired) electrons. The monoisotopic (exact) mass is 246 g/mol. The Morgan fingerprint density at radius 3 is 2.32 bits per heavy atom. The third-order valence-electron chi connectivity index (χ3n) is 3.31. The van der Waals surface area contributed by atoms with Gasteiger partial charge in [-0.1, -0.05) is 24.3 Å². The van der Waals surface area contributed by atoms with Crippen LogP contribution in [0.4, 0.5) is 0 Å². The number of rotatable bonds is 0. The fourth-order valence-electron chi connectivity index (χ4n) is 2.37. The molecule has 0 saturated carbocycles. The Hall–Kier alpha value is -2.68. The molecule has 0 atom stereocenters. The van der Waals surface area contributed by atoms with Crippen molar-refractivity contribution in [2.45, 2.75) is 0 Å². The molecule has 0 aliphatic carbocycles. The van der Waals surface area contributed by atoms with E-state index in [4.69, 9.17) is 0 Å². The molecule has 3 nitrogen and oxygen atoms in total. The summed E-state index contributed by atoms with van der Waals surface area (Å²) in [7, 11) is 0. The maximum atomic E-state index is 9.81. The second-order valence-corrected chi connectivity index (χ2v) is 4.55. The summed E-state index contributed by atoms with van der Waals surface area (Å²) in [5, 5.41) is 13.4. The Bertz CT molecular complexity index is 932. The van der Waals surface area contributed by atoms with Gasteiger partial charge in [0.05, 0.1) is 22.1 Å². The lowest BCUT2D eigenvalue weighted by atomic mass is 10.2. The van der Waals surface area contributed by atoms with Crippen molar-refractivity contribution in [2.24, 2.45) is 9.98 Å². The molecule has 4 rings (SSSR count). The predicted octanol–water partition coefficient (Wildman–Crippen LogP) is 0.131. The van der Waals surface area contributed by atoms with E-state index in [1.807, 2.05) is 42.5 Å². The highest BCUT2D eigenvalue weighted by Gasteiger charge is 2.10. The van der Waals surface area contributed by atoms with Crippen molar-refractivity contribution >= 4 is 12.2 Å². The lowest BCUT2D eigenvalue weighted by Gasteiger charge is -1.91. The molecular formula is C16H10N2O. The zero-order valence-corrected chi connectivity index (χ0v) is 10.0. The van der Waals surface area contributed by atoms with Crippen molar-refractivity contribution in [3.8, 4) is 5.75 Å². The highest BCUT2D eigenvalue weighted by molar-refractivity contribution is 5.63. The number of allylic oxidation sites excluding steroid dienone is 2. The van der Waals surface area contributed by atoms with Crippen molar-refractivity contribution in [3.63, 3.8) is 0 Å². The Balaban J connectivity index is 2.01. The lowest BCUT2D eigenvalue weighted by Crippen LogP contribution is -2.20. The van der Waals surface area contributed by atoms with Crippen LogP contribution in [0.3, 0.4) is 0 Å². The van der Waals surface area contributed by atoms with Crippen LogP contribution in [0.15, 0.2) is 63.8 Å². The molecule has 0 bridgehead atoms. The first-order chi connectivity index (χ1) is 9.31. The Morgan fingerprint density at radius 1 is 0.737 bits per heavy atom. The number of fused-ring (bicyclic) bond motifs is 2. The maximum absolute atomic E-state index is 9.81. The Morgan fingerprint density at radius 2 is 1.47 bits per heavy atom. The molecule has 2 aliphatic rings. The van der Waals surface area contributed by atoms with Crippen molar-refractivity contribution in [2.75, 3.05) is 0 Å². The molecule has 90 valence electrons. The average molecular weight is 246 g/mol. The predicted molar refractivity (Wildman–Crippen MR) is 72.1 cm³/mol. The van der Waals surface area contributed by atoms with Crippen LogP contribution in [0.2, 0.25) is 0 Å². The summed E-state index contributed by atoms with van der Waals surface area (Å²) in [5.74, 6) is 0.257. The fourth-order valence-corrected chi connectivity index (χ4v) is 2.37. The van der Waals surface area contributed by atoms with E-state index in [0.29, 0.717) is 0 Å². The summed E-state index contributed by atoms with van der Waals surface area (Å²) in [6.07, 6.45) is 3.90. The molecule has 3 heteroatoms. The topological polar surface area (TPSA) is 45.0 Å².